The van der Waals surface area contributed by atoms with Gasteiger partial charge in [0.05, 0.1) is 11.6 Å². The maximum atomic E-state index is 8.84. The van der Waals surface area contributed by atoms with E-state index in [0.717, 1.165) is 5.69 Å². The van der Waals surface area contributed by atoms with Gasteiger partial charge in [0.1, 0.15) is 5.82 Å². The van der Waals surface area contributed by atoms with Crippen molar-refractivity contribution >= 4 is 23.1 Å². The topological polar surface area (TPSA) is 52.8 Å². The van der Waals surface area contributed by atoms with Gasteiger partial charge in [0, 0.05) is 18.9 Å². The summed E-state index contributed by atoms with van der Waals surface area (Å²) in [5, 5.41) is 9.04. The predicted molar refractivity (Wildman–Crippen MR) is 66.3 cm³/mol. The number of nitrogens with zero attached hydrogens (tertiary/aromatic N) is 4. The molecule has 0 N–H and O–H groups in total. The molecule has 0 aliphatic rings. The molecule has 0 radical (unpaired) electrons. The molecule has 1 aromatic heterocycles. The monoisotopic (exact) mass is 244 g/mol. The molecule has 0 saturated heterocycles. The Morgan fingerprint density at radius 3 is 2.88 bits per heavy atom. The third-order valence-electron chi connectivity index (χ3n) is 2.32. The number of nitriles is 1. The van der Waals surface area contributed by atoms with Gasteiger partial charge in [-0.3, -0.25) is 0 Å². The highest BCUT2D eigenvalue weighted by Crippen LogP contribution is 2.22. The second kappa shape index (κ2) is 4.81. The number of aromatic nitrogens is 2. The molecule has 0 amide bonds. The minimum Gasteiger partial charge on any atom is -0.329 e. The van der Waals surface area contributed by atoms with Gasteiger partial charge in [-0.2, -0.15) is 5.26 Å². The molecule has 0 spiro atoms. The van der Waals surface area contributed by atoms with Crippen LogP contribution in [0.3, 0.4) is 0 Å². The van der Waals surface area contributed by atoms with Crippen LogP contribution in [0.1, 0.15) is 5.56 Å². The van der Waals surface area contributed by atoms with Crippen LogP contribution in [0.15, 0.2) is 36.5 Å². The highest BCUT2D eigenvalue weighted by molar-refractivity contribution is 6.28. The zero-order chi connectivity index (χ0) is 12.3. The average Bonchev–Trinajstić information content (AvgIpc) is 2.38. The van der Waals surface area contributed by atoms with Crippen molar-refractivity contribution in [3.63, 3.8) is 0 Å². The summed E-state index contributed by atoms with van der Waals surface area (Å²) < 4.78 is 0. The Hall–Kier alpha value is -2.12. The molecule has 84 valence electrons. The third kappa shape index (κ3) is 2.52. The van der Waals surface area contributed by atoms with Gasteiger partial charge in [-0.05, 0) is 35.9 Å². The van der Waals surface area contributed by atoms with Crippen molar-refractivity contribution in [2.75, 3.05) is 11.9 Å². The molecule has 0 bridgehead atoms. The second-order valence-corrected chi connectivity index (χ2v) is 3.74. The van der Waals surface area contributed by atoms with E-state index in [2.05, 4.69) is 16.0 Å². The Bertz CT molecular complexity index is 577. The lowest BCUT2D eigenvalue weighted by molar-refractivity contribution is 1.08. The summed E-state index contributed by atoms with van der Waals surface area (Å²) in [6, 6.07) is 11.1. The first-order valence-corrected chi connectivity index (χ1v) is 5.31. The van der Waals surface area contributed by atoms with E-state index in [-0.39, 0.29) is 5.28 Å². The van der Waals surface area contributed by atoms with Crippen LogP contribution in [0, 0.1) is 11.3 Å². The molecule has 0 aliphatic carbocycles. The number of hydrogen-bond donors (Lipinski definition) is 0. The van der Waals surface area contributed by atoms with Crippen LogP contribution in [-0.4, -0.2) is 17.0 Å². The van der Waals surface area contributed by atoms with Gasteiger partial charge in [-0.1, -0.05) is 6.07 Å². The van der Waals surface area contributed by atoms with E-state index in [1.54, 1.807) is 24.4 Å². The normalized spacial score (nSPS) is 9.71. The Labute approximate surface area is 104 Å². The Balaban J connectivity index is 2.37. The molecule has 0 atom stereocenters. The molecule has 2 aromatic rings. The minimum absolute atomic E-state index is 0.200. The first kappa shape index (κ1) is 11.4. The molecule has 5 heteroatoms. The Morgan fingerprint density at radius 2 is 2.18 bits per heavy atom. The van der Waals surface area contributed by atoms with Crippen LogP contribution in [0.2, 0.25) is 5.28 Å². The largest absolute Gasteiger partial charge is 0.329 e. The SMILES string of the molecule is CN(c1cccc(C#N)c1)c1ccnc(Cl)n1. The van der Waals surface area contributed by atoms with Crippen molar-refractivity contribution in [3.8, 4) is 6.07 Å². The van der Waals surface area contributed by atoms with E-state index >= 15 is 0 Å². The van der Waals surface area contributed by atoms with Crippen LogP contribution in [0.25, 0.3) is 0 Å². The molecular weight excluding hydrogens is 236 g/mol. The molecule has 17 heavy (non-hydrogen) atoms. The quantitative estimate of drug-likeness (QED) is 0.763. The summed E-state index contributed by atoms with van der Waals surface area (Å²) in [4.78, 5) is 9.77. The van der Waals surface area contributed by atoms with Crippen molar-refractivity contribution in [1.82, 2.24) is 9.97 Å². The second-order valence-electron chi connectivity index (χ2n) is 3.41. The summed E-state index contributed by atoms with van der Waals surface area (Å²) in [5.74, 6) is 0.681. The summed E-state index contributed by atoms with van der Waals surface area (Å²) in [6.07, 6.45) is 1.59. The maximum Gasteiger partial charge on any atom is 0.224 e. The Morgan fingerprint density at radius 1 is 1.35 bits per heavy atom. The summed E-state index contributed by atoms with van der Waals surface area (Å²) in [5.41, 5.74) is 1.48. The van der Waals surface area contributed by atoms with E-state index in [1.165, 1.54) is 0 Å². The number of halogens is 1. The highest BCUT2D eigenvalue weighted by atomic mass is 35.5. The molecule has 1 aromatic carbocycles. The molecule has 0 aliphatic heterocycles. The fourth-order valence-corrected chi connectivity index (χ4v) is 1.57. The zero-order valence-corrected chi connectivity index (χ0v) is 9.89. The van der Waals surface area contributed by atoms with Crippen LogP contribution >= 0.6 is 11.6 Å². The van der Waals surface area contributed by atoms with Gasteiger partial charge >= 0.3 is 0 Å². The number of benzene rings is 1. The summed E-state index contributed by atoms with van der Waals surface area (Å²) >= 11 is 5.73. The zero-order valence-electron chi connectivity index (χ0n) is 9.13. The summed E-state index contributed by atoms with van der Waals surface area (Å²) in [7, 11) is 1.86. The van der Waals surface area contributed by atoms with Crippen molar-refractivity contribution in [3.05, 3.63) is 47.4 Å². The fraction of sp³-hybridized carbons (Fsp3) is 0.0833. The number of anilines is 2. The van der Waals surface area contributed by atoms with Gasteiger partial charge in [0.2, 0.25) is 5.28 Å². The van der Waals surface area contributed by atoms with Crippen LogP contribution in [0.5, 0.6) is 0 Å². The number of hydrogen-bond acceptors (Lipinski definition) is 4. The summed E-state index contributed by atoms with van der Waals surface area (Å²) in [6.45, 7) is 0. The molecular formula is C12H9ClN4. The van der Waals surface area contributed by atoms with Crippen molar-refractivity contribution in [1.29, 1.82) is 5.26 Å². The van der Waals surface area contributed by atoms with Gasteiger partial charge in [-0.15, -0.1) is 0 Å². The Kier molecular flexibility index (Phi) is 3.22. The fourth-order valence-electron chi connectivity index (χ4n) is 1.43. The van der Waals surface area contributed by atoms with E-state index in [1.807, 2.05) is 24.1 Å². The lowest BCUT2D eigenvalue weighted by Gasteiger charge is -2.18. The minimum atomic E-state index is 0.200. The van der Waals surface area contributed by atoms with E-state index in [0.29, 0.717) is 11.4 Å². The lowest BCUT2D eigenvalue weighted by atomic mass is 10.2. The molecule has 4 nitrogen and oxygen atoms in total. The highest BCUT2D eigenvalue weighted by Gasteiger charge is 2.06. The lowest BCUT2D eigenvalue weighted by Crippen LogP contribution is -2.11. The molecule has 0 saturated carbocycles. The maximum absolute atomic E-state index is 8.84. The van der Waals surface area contributed by atoms with Crippen molar-refractivity contribution < 1.29 is 0 Å². The van der Waals surface area contributed by atoms with Crippen LogP contribution in [-0.2, 0) is 0 Å². The average molecular weight is 245 g/mol. The predicted octanol–water partition coefficient (Wildman–Crippen LogP) is 2.77. The van der Waals surface area contributed by atoms with E-state index in [9.17, 15) is 0 Å². The van der Waals surface area contributed by atoms with E-state index in [4.69, 9.17) is 16.9 Å². The van der Waals surface area contributed by atoms with Gasteiger partial charge in [0.25, 0.3) is 0 Å². The van der Waals surface area contributed by atoms with Gasteiger partial charge in [0.15, 0.2) is 0 Å². The van der Waals surface area contributed by atoms with Crippen LogP contribution in [0.4, 0.5) is 11.5 Å². The van der Waals surface area contributed by atoms with Gasteiger partial charge < -0.3 is 4.90 Å². The van der Waals surface area contributed by atoms with Crippen LogP contribution < -0.4 is 4.90 Å². The smallest absolute Gasteiger partial charge is 0.224 e. The van der Waals surface area contributed by atoms with Gasteiger partial charge in [-0.25, -0.2) is 9.97 Å². The van der Waals surface area contributed by atoms with E-state index < -0.39 is 0 Å². The molecule has 0 fully saturated rings. The third-order valence-corrected chi connectivity index (χ3v) is 2.50. The molecule has 0 unspecified atom stereocenters. The number of rotatable bonds is 2. The standard InChI is InChI=1S/C12H9ClN4/c1-17(11-5-6-15-12(13)16-11)10-4-2-3-9(7-10)8-14/h2-7H,1H3. The molecule has 1 heterocycles. The first-order chi connectivity index (χ1) is 8.20. The molecule has 2 rings (SSSR count). The van der Waals surface area contributed by atoms with Crippen molar-refractivity contribution in [2.24, 2.45) is 0 Å². The first-order valence-electron chi connectivity index (χ1n) is 4.93. The van der Waals surface area contributed by atoms with Crippen molar-refractivity contribution in [2.45, 2.75) is 0 Å².